The van der Waals surface area contributed by atoms with Crippen molar-refractivity contribution < 1.29 is 8.81 Å². The summed E-state index contributed by atoms with van der Waals surface area (Å²) in [7, 11) is 0. The van der Waals surface area contributed by atoms with Gasteiger partial charge in [0.2, 0.25) is 11.6 Å². The summed E-state index contributed by atoms with van der Waals surface area (Å²) in [6, 6.07) is 14.4. The van der Waals surface area contributed by atoms with Crippen molar-refractivity contribution >= 4 is 22.5 Å². The van der Waals surface area contributed by atoms with Crippen molar-refractivity contribution in [2.45, 2.75) is 0 Å². The van der Waals surface area contributed by atoms with Crippen molar-refractivity contribution in [1.29, 1.82) is 10.5 Å². The highest BCUT2D eigenvalue weighted by atomic mass is 19.1. The second-order valence-corrected chi connectivity index (χ2v) is 4.48. The summed E-state index contributed by atoms with van der Waals surface area (Å²) in [5, 5.41) is 20.9. The molecule has 0 saturated heterocycles. The number of hydrogen-bond donors (Lipinski definition) is 1. The smallest absolute Gasteiger partial charge is 0.237 e. The lowest BCUT2D eigenvalue weighted by molar-refractivity contribution is 0.594. The molecule has 3 rings (SSSR count). The molecule has 3 aromatic rings. The van der Waals surface area contributed by atoms with E-state index in [1.807, 2.05) is 6.07 Å². The number of halogens is 1. The molecule has 23 heavy (non-hydrogen) atoms. The first-order chi connectivity index (χ1) is 11.2. The zero-order chi connectivity index (χ0) is 16.2. The Morgan fingerprint density at radius 3 is 2.70 bits per heavy atom. The number of fused-ring (bicyclic) bond motifs is 1. The number of hydrazone groups is 1. The first kappa shape index (κ1) is 14.2. The van der Waals surface area contributed by atoms with Gasteiger partial charge in [0.25, 0.3) is 0 Å². The fourth-order valence-corrected chi connectivity index (χ4v) is 1.94. The third-order valence-electron chi connectivity index (χ3n) is 3.00. The summed E-state index contributed by atoms with van der Waals surface area (Å²) in [6.07, 6.45) is 0. The summed E-state index contributed by atoms with van der Waals surface area (Å²) in [4.78, 5) is 4.24. The summed E-state index contributed by atoms with van der Waals surface area (Å²) >= 11 is 0. The second kappa shape index (κ2) is 5.96. The maximum atomic E-state index is 14.0. The molecule has 0 bridgehead atoms. The van der Waals surface area contributed by atoms with Gasteiger partial charge in [0.15, 0.2) is 5.58 Å². The van der Waals surface area contributed by atoms with E-state index in [1.54, 1.807) is 30.3 Å². The lowest BCUT2D eigenvalue weighted by Crippen LogP contribution is -1.97. The van der Waals surface area contributed by atoms with Crippen molar-refractivity contribution in [2.24, 2.45) is 5.10 Å². The maximum Gasteiger partial charge on any atom is 0.237 e. The number of benzene rings is 2. The van der Waals surface area contributed by atoms with Gasteiger partial charge in [-0.3, -0.25) is 5.43 Å². The molecule has 0 atom stereocenters. The second-order valence-electron chi connectivity index (χ2n) is 4.48. The van der Waals surface area contributed by atoms with Gasteiger partial charge >= 0.3 is 0 Å². The van der Waals surface area contributed by atoms with E-state index in [4.69, 9.17) is 14.9 Å². The molecule has 0 saturated carbocycles. The number of anilines is 1. The highest BCUT2D eigenvalue weighted by Crippen LogP contribution is 2.28. The molecular weight excluding hydrogens is 297 g/mol. The number of para-hydroxylation sites is 2. The minimum absolute atomic E-state index is 0.136. The molecule has 0 aliphatic rings. The van der Waals surface area contributed by atoms with Crippen LogP contribution in [0.1, 0.15) is 0 Å². The first-order valence-electron chi connectivity index (χ1n) is 6.50. The van der Waals surface area contributed by atoms with E-state index in [1.165, 1.54) is 18.2 Å². The Labute approximate surface area is 130 Å². The number of aromatic nitrogens is 1. The highest BCUT2D eigenvalue weighted by Gasteiger charge is 2.13. The molecule has 0 spiro atoms. The number of nitrogens with zero attached hydrogens (tertiary/aromatic N) is 4. The van der Waals surface area contributed by atoms with Crippen molar-refractivity contribution in [2.75, 3.05) is 5.43 Å². The molecular formula is C16H8FN5O. The number of rotatable bonds is 3. The minimum atomic E-state index is -0.508. The number of nitriles is 2. The molecule has 110 valence electrons. The molecule has 6 nitrogen and oxygen atoms in total. The van der Waals surface area contributed by atoms with Crippen LogP contribution in [0.2, 0.25) is 0 Å². The average molecular weight is 305 g/mol. The first-order valence-corrected chi connectivity index (χ1v) is 6.50. The largest absolute Gasteiger partial charge is 0.436 e. The molecule has 1 aromatic heterocycles. The normalized spacial score (nSPS) is 9.87. The van der Waals surface area contributed by atoms with E-state index < -0.39 is 5.82 Å². The van der Waals surface area contributed by atoms with E-state index in [-0.39, 0.29) is 17.2 Å². The molecule has 1 heterocycles. The summed E-state index contributed by atoms with van der Waals surface area (Å²) < 4.78 is 19.6. The lowest BCUT2D eigenvalue weighted by Gasteiger charge is -2.03. The number of nitrogens with one attached hydrogen (secondary N) is 1. The van der Waals surface area contributed by atoms with Crippen molar-refractivity contribution in [3.8, 4) is 23.6 Å². The average Bonchev–Trinajstić information content (AvgIpc) is 3.01. The fourth-order valence-electron chi connectivity index (χ4n) is 1.94. The lowest BCUT2D eigenvalue weighted by atomic mass is 10.2. The topological polar surface area (TPSA) is 98.0 Å². The van der Waals surface area contributed by atoms with Crippen molar-refractivity contribution in [3.63, 3.8) is 0 Å². The van der Waals surface area contributed by atoms with E-state index in [2.05, 4.69) is 15.5 Å². The maximum absolute atomic E-state index is 14.0. The third kappa shape index (κ3) is 2.85. The zero-order valence-corrected chi connectivity index (χ0v) is 11.6. The molecule has 0 unspecified atom stereocenters. The summed E-state index contributed by atoms with van der Waals surface area (Å²) in [5.41, 5.74) is 3.90. The van der Waals surface area contributed by atoms with Gasteiger partial charge < -0.3 is 4.42 Å². The van der Waals surface area contributed by atoms with Crippen LogP contribution in [-0.2, 0) is 0 Å². The predicted octanol–water partition coefficient (Wildman–Crippen LogP) is 3.45. The molecule has 0 amide bonds. The SMILES string of the molecule is N#CC(C#N)=NNc1ccc(F)c(-c2nc3ccccc3o2)c1. The molecule has 0 radical (unpaired) electrons. The zero-order valence-electron chi connectivity index (χ0n) is 11.6. The van der Waals surface area contributed by atoms with Crippen LogP contribution in [-0.4, -0.2) is 10.7 Å². The summed E-state index contributed by atoms with van der Waals surface area (Å²) in [6.45, 7) is 0. The molecule has 1 N–H and O–H groups in total. The highest BCUT2D eigenvalue weighted by molar-refractivity contribution is 6.10. The van der Waals surface area contributed by atoms with Gasteiger partial charge in [-0.25, -0.2) is 9.37 Å². The van der Waals surface area contributed by atoms with Crippen LogP contribution in [0.15, 0.2) is 52.0 Å². The van der Waals surface area contributed by atoms with Gasteiger partial charge in [-0.15, -0.1) is 0 Å². The van der Waals surface area contributed by atoms with Crippen molar-refractivity contribution in [1.82, 2.24) is 4.98 Å². The third-order valence-corrected chi connectivity index (χ3v) is 3.00. The van der Waals surface area contributed by atoms with E-state index in [0.717, 1.165) is 0 Å². The Kier molecular flexibility index (Phi) is 3.69. The van der Waals surface area contributed by atoms with Crippen LogP contribution < -0.4 is 5.43 Å². The van der Waals surface area contributed by atoms with Gasteiger partial charge in [-0.05, 0) is 30.3 Å². The quantitative estimate of drug-likeness (QED) is 0.590. The van der Waals surface area contributed by atoms with Crippen LogP contribution in [0.4, 0.5) is 10.1 Å². The van der Waals surface area contributed by atoms with Gasteiger partial charge in [-0.1, -0.05) is 12.1 Å². The Hall–Kier alpha value is -3.71. The molecule has 0 aliphatic heterocycles. The molecule has 2 aromatic carbocycles. The van der Waals surface area contributed by atoms with Crippen LogP contribution >= 0.6 is 0 Å². The van der Waals surface area contributed by atoms with Crippen LogP contribution in [0.3, 0.4) is 0 Å². The van der Waals surface area contributed by atoms with Crippen LogP contribution in [0.5, 0.6) is 0 Å². The van der Waals surface area contributed by atoms with E-state index in [0.29, 0.717) is 16.8 Å². The number of oxazole rings is 1. The Balaban J connectivity index is 1.99. The van der Waals surface area contributed by atoms with Gasteiger partial charge in [0.05, 0.1) is 11.3 Å². The van der Waals surface area contributed by atoms with Crippen LogP contribution in [0, 0.1) is 28.5 Å². The Bertz CT molecular complexity index is 945. The molecule has 7 heteroatoms. The van der Waals surface area contributed by atoms with Gasteiger partial charge in [-0.2, -0.15) is 15.6 Å². The standard InChI is InChI=1S/C16H8FN5O/c17-13-6-5-10(21-22-11(8-18)9-19)7-12(13)16-20-14-3-1-2-4-15(14)23-16/h1-7,21H. The van der Waals surface area contributed by atoms with Gasteiger partial charge in [0, 0.05) is 0 Å². The minimum Gasteiger partial charge on any atom is -0.436 e. The van der Waals surface area contributed by atoms with Crippen molar-refractivity contribution in [3.05, 3.63) is 48.3 Å². The number of hydrogen-bond acceptors (Lipinski definition) is 6. The predicted molar refractivity (Wildman–Crippen MR) is 81.7 cm³/mol. The Morgan fingerprint density at radius 2 is 1.96 bits per heavy atom. The fraction of sp³-hybridized carbons (Fsp3) is 0. The molecule has 0 aliphatic carbocycles. The molecule has 0 fully saturated rings. The van der Waals surface area contributed by atoms with E-state index >= 15 is 0 Å². The van der Waals surface area contributed by atoms with Crippen LogP contribution in [0.25, 0.3) is 22.6 Å². The Morgan fingerprint density at radius 1 is 1.17 bits per heavy atom. The summed E-state index contributed by atoms with van der Waals surface area (Å²) in [5.74, 6) is -0.371. The van der Waals surface area contributed by atoms with E-state index in [9.17, 15) is 4.39 Å². The van der Waals surface area contributed by atoms with Gasteiger partial charge in [0.1, 0.15) is 23.5 Å². The monoisotopic (exact) mass is 305 g/mol.